The Morgan fingerprint density at radius 2 is 2.00 bits per heavy atom. The van der Waals surface area contributed by atoms with E-state index in [1.165, 1.54) is 57.3 Å². The second-order valence-corrected chi connectivity index (χ2v) is 7.34. The van der Waals surface area contributed by atoms with Crippen LogP contribution in [-0.2, 0) is 17.8 Å². The molecule has 0 spiro atoms. The van der Waals surface area contributed by atoms with Gasteiger partial charge in [-0.25, -0.2) is 0 Å². The third-order valence-corrected chi connectivity index (χ3v) is 5.55. The van der Waals surface area contributed by atoms with Crippen LogP contribution in [0.3, 0.4) is 0 Å². The van der Waals surface area contributed by atoms with E-state index in [0.717, 1.165) is 37.6 Å². The second-order valence-electron chi connectivity index (χ2n) is 7.34. The predicted octanol–water partition coefficient (Wildman–Crippen LogP) is 3.29. The number of nitrogens with zero attached hydrogens (tertiary/aromatic N) is 2. The van der Waals surface area contributed by atoms with Crippen molar-refractivity contribution in [1.82, 2.24) is 9.47 Å². The van der Waals surface area contributed by atoms with Gasteiger partial charge < -0.3 is 9.30 Å². The largest absolute Gasteiger partial charge is 0.381 e. The second kappa shape index (κ2) is 6.13. The molecular formula is C18H28N2O. The molecule has 3 heteroatoms. The van der Waals surface area contributed by atoms with E-state index >= 15 is 0 Å². The standard InChI is InChI=1S/C18H28N2O/c1-3-17(4-1)20-12-16(8-10-21-14-15-6-7-15)11-19-9-2-5-18(19)13-20/h2,5,9,15-17H,1,3-4,6-8,10-14H2/t16-/m1/s1. The molecule has 3 nitrogen and oxygen atoms in total. The number of hydrogen-bond donors (Lipinski definition) is 0. The highest BCUT2D eigenvalue weighted by Gasteiger charge is 2.30. The fourth-order valence-electron chi connectivity index (χ4n) is 3.71. The van der Waals surface area contributed by atoms with Gasteiger partial charge >= 0.3 is 0 Å². The molecule has 0 aromatic carbocycles. The van der Waals surface area contributed by atoms with Gasteiger partial charge in [0, 0.05) is 50.8 Å². The van der Waals surface area contributed by atoms with Gasteiger partial charge in [0.25, 0.3) is 0 Å². The maximum atomic E-state index is 5.88. The molecule has 1 aliphatic heterocycles. The van der Waals surface area contributed by atoms with Crippen molar-refractivity contribution in [3.05, 3.63) is 24.0 Å². The monoisotopic (exact) mass is 288 g/mol. The summed E-state index contributed by atoms with van der Waals surface area (Å²) in [7, 11) is 0. The summed E-state index contributed by atoms with van der Waals surface area (Å²) in [4.78, 5) is 2.74. The Kier molecular flexibility index (Phi) is 4.04. The van der Waals surface area contributed by atoms with E-state index in [2.05, 4.69) is 27.8 Å². The average molecular weight is 288 g/mol. The normalized spacial score (nSPS) is 27.1. The summed E-state index contributed by atoms with van der Waals surface area (Å²) < 4.78 is 8.36. The van der Waals surface area contributed by atoms with Gasteiger partial charge in [0.15, 0.2) is 0 Å². The predicted molar refractivity (Wildman–Crippen MR) is 84.1 cm³/mol. The van der Waals surface area contributed by atoms with Gasteiger partial charge in [-0.15, -0.1) is 0 Å². The van der Waals surface area contributed by atoms with E-state index < -0.39 is 0 Å². The average Bonchev–Trinajstić information content (AvgIpc) is 3.17. The molecule has 1 aromatic rings. The third kappa shape index (κ3) is 3.35. The van der Waals surface area contributed by atoms with Crippen LogP contribution in [-0.4, -0.2) is 35.3 Å². The Hall–Kier alpha value is -0.800. The molecule has 2 heterocycles. The molecule has 2 aliphatic carbocycles. The van der Waals surface area contributed by atoms with Crippen molar-refractivity contribution < 1.29 is 4.74 Å². The number of aromatic nitrogens is 1. The van der Waals surface area contributed by atoms with Crippen LogP contribution >= 0.6 is 0 Å². The van der Waals surface area contributed by atoms with Crippen molar-refractivity contribution in [2.24, 2.45) is 11.8 Å². The minimum atomic E-state index is 0.749. The topological polar surface area (TPSA) is 17.4 Å². The summed E-state index contributed by atoms with van der Waals surface area (Å²) in [6.45, 7) is 5.55. The number of fused-ring (bicyclic) bond motifs is 1. The van der Waals surface area contributed by atoms with Crippen molar-refractivity contribution in [2.75, 3.05) is 19.8 Å². The molecule has 116 valence electrons. The maximum absolute atomic E-state index is 5.88. The third-order valence-electron chi connectivity index (χ3n) is 5.55. The molecule has 1 aromatic heterocycles. The van der Waals surface area contributed by atoms with E-state index in [4.69, 9.17) is 4.74 Å². The summed E-state index contributed by atoms with van der Waals surface area (Å²) >= 11 is 0. The Morgan fingerprint density at radius 1 is 1.10 bits per heavy atom. The molecule has 0 N–H and O–H groups in total. The minimum absolute atomic E-state index is 0.749. The summed E-state index contributed by atoms with van der Waals surface area (Å²) in [6.07, 6.45) is 10.5. The lowest BCUT2D eigenvalue weighted by atomic mass is 9.90. The highest BCUT2D eigenvalue weighted by atomic mass is 16.5. The molecule has 4 rings (SSSR count). The van der Waals surface area contributed by atoms with Gasteiger partial charge in [-0.05, 0) is 56.1 Å². The molecule has 0 unspecified atom stereocenters. The van der Waals surface area contributed by atoms with Crippen molar-refractivity contribution in [3.63, 3.8) is 0 Å². The van der Waals surface area contributed by atoms with Crippen molar-refractivity contribution >= 4 is 0 Å². The number of hydrogen-bond acceptors (Lipinski definition) is 2. The van der Waals surface area contributed by atoms with E-state index in [-0.39, 0.29) is 0 Å². The molecule has 0 radical (unpaired) electrons. The molecule has 2 saturated carbocycles. The van der Waals surface area contributed by atoms with Gasteiger partial charge in [-0.1, -0.05) is 6.42 Å². The highest BCUT2D eigenvalue weighted by molar-refractivity contribution is 5.09. The van der Waals surface area contributed by atoms with Gasteiger partial charge in [-0.3, -0.25) is 4.90 Å². The Balaban J connectivity index is 1.35. The van der Waals surface area contributed by atoms with Gasteiger partial charge in [-0.2, -0.15) is 0 Å². The first-order valence-corrected chi connectivity index (χ1v) is 8.84. The molecule has 1 atom stereocenters. The van der Waals surface area contributed by atoms with E-state index in [9.17, 15) is 0 Å². The van der Waals surface area contributed by atoms with Crippen LogP contribution in [0.2, 0.25) is 0 Å². The zero-order valence-electron chi connectivity index (χ0n) is 13.0. The fourth-order valence-corrected chi connectivity index (χ4v) is 3.71. The number of rotatable bonds is 6. The van der Waals surface area contributed by atoms with Crippen LogP contribution in [0.1, 0.15) is 44.2 Å². The first-order valence-electron chi connectivity index (χ1n) is 8.84. The lowest BCUT2D eigenvalue weighted by Gasteiger charge is -2.38. The first kappa shape index (κ1) is 13.8. The molecular weight excluding hydrogens is 260 g/mol. The smallest absolute Gasteiger partial charge is 0.0494 e. The Bertz CT molecular complexity index is 462. The van der Waals surface area contributed by atoms with Crippen LogP contribution in [0, 0.1) is 11.8 Å². The first-order chi connectivity index (χ1) is 10.4. The van der Waals surface area contributed by atoms with Crippen molar-refractivity contribution in [1.29, 1.82) is 0 Å². The van der Waals surface area contributed by atoms with Crippen LogP contribution in [0.25, 0.3) is 0 Å². The van der Waals surface area contributed by atoms with E-state index in [1.54, 1.807) is 0 Å². The minimum Gasteiger partial charge on any atom is -0.381 e. The Labute approximate surface area is 128 Å². The van der Waals surface area contributed by atoms with Gasteiger partial charge in [0.2, 0.25) is 0 Å². The van der Waals surface area contributed by atoms with Crippen LogP contribution in [0.5, 0.6) is 0 Å². The van der Waals surface area contributed by atoms with E-state index in [0.29, 0.717) is 0 Å². The zero-order chi connectivity index (χ0) is 14.1. The molecule has 2 fully saturated rings. The van der Waals surface area contributed by atoms with Crippen LogP contribution in [0.4, 0.5) is 0 Å². The summed E-state index contributed by atoms with van der Waals surface area (Å²) in [5, 5.41) is 0. The molecule has 3 aliphatic rings. The van der Waals surface area contributed by atoms with Crippen LogP contribution in [0.15, 0.2) is 18.3 Å². The SMILES string of the molecule is c1cc2n(c1)C[C@@H](CCOCC1CC1)CN(C1CCC1)C2. The lowest BCUT2D eigenvalue weighted by Crippen LogP contribution is -2.41. The maximum Gasteiger partial charge on any atom is 0.0494 e. The molecule has 0 saturated heterocycles. The fraction of sp³-hybridized carbons (Fsp3) is 0.778. The van der Waals surface area contributed by atoms with E-state index in [1.807, 2.05) is 0 Å². The zero-order valence-corrected chi connectivity index (χ0v) is 13.0. The number of ether oxygens (including phenoxy) is 1. The van der Waals surface area contributed by atoms with Crippen molar-refractivity contribution in [2.45, 2.75) is 57.7 Å². The van der Waals surface area contributed by atoms with Gasteiger partial charge in [0.05, 0.1) is 0 Å². The van der Waals surface area contributed by atoms with Crippen molar-refractivity contribution in [3.8, 4) is 0 Å². The van der Waals surface area contributed by atoms with Crippen LogP contribution < -0.4 is 0 Å². The summed E-state index contributed by atoms with van der Waals surface area (Å²) in [5.41, 5.74) is 1.50. The lowest BCUT2D eigenvalue weighted by molar-refractivity contribution is 0.0777. The summed E-state index contributed by atoms with van der Waals surface area (Å²) in [5.74, 6) is 1.64. The quantitative estimate of drug-likeness (QED) is 0.747. The highest BCUT2D eigenvalue weighted by Crippen LogP contribution is 2.31. The van der Waals surface area contributed by atoms with Gasteiger partial charge in [0.1, 0.15) is 0 Å². The molecule has 21 heavy (non-hydrogen) atoms. The summed E-state index contributed by atoms with van der Waals surface area (Å²) in [6, 6.07) is 5.36. The molecule has 0 bridgehead atoms. The molecule has 0 amide bonds. The Morgan fingerprint density at radius 3 is 2.76 bits per heavy atom.